The average molecular weight is 335 g/mol. The quantitative estimate of drug-likeness (QED) is 0.733. The maximum Gasteiger partial charge on any atom is 0.269 e. The number of rotatable bonds is 4. The van der Waals surface area contributed by atoms with Gasteiger partial charge in [0.25, 0.3) is 5.95 Å². The standard InChI is InChI=1S/C18H17N5O2/c1-24-14-7-3-12(4-8-14)16-11-17(23-18(19-16)20-21-22-23)13-5-9-15(25-2)10-6-13/h3-10,17H,11H2,1-2H3. The molecule has 25 heavy (non-hydrogen) atoms. The number of hydrogen-bond acceptors (Lipinski definition) is 6. The van der Waals surface area contributed by atoms with Gasteiger partial charge in [0.1, 0.15) is 11.5 Å². The van der Waals surface area contributed by atoms with Crippen molar-refractivity contribution in [1.82, 2.24) is 20.2 Å². The second kappa shape index (κ2) is 6.35. The highest BCUT2D eigenvalue weighted by Crippen LogP contribution is 2.32. The van der Waals surface area contributed by atoms with Gasteiger partial charge in [-0.2, -0.15) is 0 Å². The largest absolute Gasteiger partial charge is 0.497 e. The zero-order chi connectivity index (χ0) is 17.2. The number of tetrazole rings is 1. The second-order valence-corrected chi connectivity index (χ2v) is 5.70. The first kappa shape index (κ1) is 15.3. The van der Waals surface area contributed by atoms with Crippen molar-refractivity contribution in [3.63, 3.8) is 0 Å². The first-order valence-electron chi connectivity index (χ1n) is 7.92. The maximum absolute atomic E-state index is 5.24. The van der Waals surface area contributed by atoms with Crippen LogP contribution in [0.4, 0.5) is 5.95 Å². The minimum Gasteiger partial charge on any atom is -0.497 e. The number of aromatic nitrogens is 4. The first-order valence-corrected chi connectivity index (χ1v) is 7.92. The van der Waals surface area contributed by atoms with Gasteiger partial charge >= 0.3 is 0 Å². The van der Waals surface area contributed by atoms with Crippen LogP contribution in [-0.2, 0) is 0 Å². The molecule has 0 saturated carbocycles. The van der Waals surface area contributed by atoms with Gasteiger partial charge in [0.15, 0.2) is 0 Å². The van der Waals surface area contributed by atoms with Gasteiger partial charge in [-0.15, -0.1) is 0 Å². The Balaban J connectivity index is 1.71. The van der Waals surface area contributed by atoms with Crippen LogP contribution >= 0.6 is 0 Å². The molecule has 0 saturated heterocycles. The monoisotopic (exact) mass is 335 g/mol. The highest BCUT2D eigenvalue weighted by atomic mass is 16.5. The Morgan fingerprint density at radius 1 is 0.920 bits per heavy atom. The molecule has 2 heterocycles. The Kier molecular flexibility index (Phi) is 3.89. The summed E-state index contributed by atoms with van der Waals surface area (Å²) in [5.74, 6) is 2.15. The van der Waals surface area contributed by atoms with Gasteiger partial charge in [0.2, 0.25) is 0 Å². The summed E-state index contributed by atoms with van der Waals surface area (Å²) in [5, 5.41) is 11.9. The van der Waals surface area contributed by atoms with Crippen molar-refractivity contribution in [2.24, 2.45) is 4.99 Å². The van der Waals surface area contributed by atoms with Gasteiger partial charge in [-0.1, -0.05) is 17.2 Å². The number of fused-ring (bicyclic) bond motifs is 1. The number of ether oxygens (including phenoxy) is 2. The zero-order valence-electron chi connectivity index (χ0n) is 14.0. The normalized spacial score (nSPS) is 16.1. The lowest BCUT2D eigenvalue weighted by atomic mass is 9.96. The number of nitrogens with zero attached hydrogens (tertiary/aromatic N) is 5. The number of hydrogen-bond donors (Lipinski definition) is 0. The third-order valence-corrected chi connectivity index (χ3v) is 4.32. The van der Waals surface area contributed by atoms with Crippen molar-refractivity contribution in [2.75, 3.05) is 14.2 Å². The molecule has 7 nitrogen and oxygen atoms in total. The predicted octanol–water partition coefficient (Wildman–Crippen LogP) is 2.80. The Hall–Kier alpha value is -3.22. The second-order valence-electron chi connectivity index (χ2n) is 5.70. The fraction of sp³-hybridized carbons (Fsp3) is 0.222. The molecule has 0 radical (unpaired) electrons. The Labute approximate surface area is 144 Å². The van der Waals surface area contributed by atoms with Crippen molar-refractivity contribution in [1.29, 1.82) is 0 Å². The lowest BCUT2D eigenvalue weighted by molar-refractivity contribution is 0.414. The van der Waals surface area contributed by atoms with E-state index in [2.05, 4.69) is 20.5 Å². The van der Waals surface area contributed by atoms with E-state index in [9.17, 15) is 0 Å². The molecule has 1 aromatic heterocycles. The maximum atomic E-state index is 5.24. The van der Waals surface area contributed by atoms with E-state index >= 15 is 0 Å². The van der Waals surface area contributed by atoms with Crippen LogP contribution in [-0.4, -0.2) is 40.1 Å². The van der Waals surface area contributed by atoms with Crippen LogP contribution in [0.1, 0.15) is 23.6 Å². The molecule has 3 aromatic rings. The van der Waals surface area contributed by atoms with E-state index in [1.807, 2.05) is 48.5 Å². The molecule has 0 N–H and O–H groups in total. The van der Waals surface area contributed by atoms with E-state index in [-0.39, 0.29) is 6.04 Å². The lowest BCUT2D eigenvalue weighted by Crippen LogP contribution is -2.21. The molecular weight excluding hydrogens is 318 g/mol. The highest BCUT2D eigenvalue weighted by Gasteiger charge is 2.26. The van der Waals surface area contributed by atoms with Crippen LogP contribution in [0.2, 0.25) is 0 Å². The molecule has 0 amide bonds. The van der Waals surface area contributed by atoms with E-state index < -0.39 is 0 Å². The van der Waals surface area contributed by atoms with Crippen LogP contribution < -0.4 is 9.47 Å². The molecular formula is C18H17N5O2. The SMILES string of the molecule is COc1ccc(C2=Nc3nnnn3C(c3ccc(OC)cc3)C2)cc1. The van der Waals surface area contributed by atoms with Crippen molar-refractivity contribution in [3.8, 4) is 11.5 Å². The summed E-state index contributed by atoms with van der Waals surface area (Å²) in [6.07, 6.45) is 0.705. The van der Waals surface area contributed by atoms with Crippen LogP contribution in [0, 0.1) is 0 Å². The highest BCUT2D eigenvalue weighted by molar-refractivity contribution is 6.02. The minimum absolute atomic E-state index is 0.00879. The van der Waals surface area contributed by atoms with Crippen LogP contribution in [0.5, 0.6) is 11.5 Å². The zero-order valence-corrected chi connectivity index (χ0v) is 14.0. The number of aliphatic imine (C=N–C) groups is 1. The Morgan fingerprint density at radius 2 is 1.56 bits per heavy atom. The molecule has 0 spiro atoms. The molecule has 2 aromatic carbocycles. The third-order valence-electron chi connectivity index (χ3n) is 4.32. The summed E-state index contributed by atoms with van der Waals surface area (Å²) < 4.78 is 12.2. The molecule has 0 fully saturated rings. The molecule has 1 aliphatic heterocycles. The van der Waals surface area contributed by atoms with Crippen molar-refractivity contribution < 1.29 is 9.47 Å². The molecule has 7 heteroatoms. The average Bonchev–Trinajstić information content (AvgIpc) is 3.16. The number of methoxy groups -OCH3 is 2. The lowest BCUT2D eigenvalue weighted by Gasteiger charge is -2.23. The van der Waals surface area contributed by atoms with Crippen molar-refractivity contribution in [2.45, 2.75) is 12.5 Å². The van der Waals surface area contributed by atoms with Gasteiger partial charge in [0, 0.05) is 6.42 Å². The summed E-state index contributed by atoms with van der Waals surface area (Å²) >= 11 is 0. The van der Waals surface area contributed by atoms with Gasteiger partial charge in [-0.3, -0.25) is 0 Å². The molecule has 0 bridgehead atoms. The van der Waals surface area contributed by atoms with Crippen molar-refractivity contribution in [3.05, 3.63) is 59.7 Å². The summed E-state index contributed by atoms with van der Waals surface area (Å²) in [4.78, 5) is 4.62. The summed E-state index contributed by atoms with van der Waals surface area (Å²) in [7, 11) is 3.31. The fourth-order valence-corrected chi connectivity index (χ4v) is 2.95. The minimum atomic E-state index is -0.00879. The van der Waals surface area contributed by atoms with Gasteiger partial charge in [-0.05, 0) is 58.0 Å². The van der Waals surface area contributed by atoms with Gasteiger partial charge in [0.05, 0.1) is 26.0 Å². The fourth-order valence-electron chi connectivity index (χ4n) is 2.95. The van der Waals surface area contributed by atoms with Crippen LogP contribution in [0.15, 0.2) is 53.5 Å². The third kappa shape index (κ3) is 2.84. The van der Waals surface area contributed by atoms with Crippen LogP contribution in [0.3, 0.4) is 0 Å². The van der Waals surface area contributed by atoms with E-state index in [0.29, 0.717) is 12.4 Å². The van der Waals surface area contributed by atoms with E-state index in [4.69, 9.17) is 9.47 Å². The summed E-state index contributed by atoms with van der Waals surface area (Å²) in [6, 6.07) is 15.8. The Morgan fingerprint density at radius 3 is 2.20 bits per heavy atom. The summed E-state index contributed by atoms with van der Waals surface area (Å²) in [5.41, 5.74) is 3.09. The summed E-state index contributed by atoms with van der Waals surface area (Å²) in [6.45, 7) is 0. The first-order chi connectivity index (χ1) is 12.3. The molecule has 1 unspecified atom stereocenters. The molecule has 126 valence electrons. The Bertz CT molecular complexity index is 900. The van der Waals surface area contributed by atoms with E-state index in [0.717, 1.165) is 28.3 Å². The van der Waals surface area contributed by atoms with Gasteiger partial charge in [-0.25, -0.2) is 9.67 Å². The van der Waals surface area contributed by atoms with Crippen LogP contribution in [0.25, 0.3) is 0 Å². The molecule has 0 aliphatic carbocycles. The smallest absolute Gasteiger partial charge is 0.269 e. The molecule has 1 atom stereocenters. The molecule has 4 rings (SSSR count). The molecule has 1 aliphatic rings. The predicted molar refractivity (Wildman–Crippen MR) is 92.8 cm³/mol. The van der Waals surface area contributed by atoms with E-state index in [1.165, 1.54) is 0 Å². The number of benzene rings is 2. The van der Waals surface area contributed by atoms with Gasteiger partial charge < -0.3 is 9.47 Å². The van der Waals surface area contributed by atoms with E-state index in [1.54, 1.807) is 18.9 Å². The topological polar surface area (TPSA) is 74.4 Å². The van der Waals surface area contributed by atoms with Crippen molar-refractivity contribution >= 4 is 11.7 Å².